The Morgan fingerprint density at radius 1 is 1.50 bits per heavy atom. The summed E-state index contributed by atoms with van der Waals surface area (Å²) in [6.07, 6.45) is 0.298. The minimum Gasteiger partial charge on any atom is -0.466 e. The van der Waals surface area contributed by atoms with Gasteiger partial charge in [0, 0.05) is 5.75 Å². The second-order valence-electron chi connectivity index (χ2n) is 3.70. The lowest BCUT2D eigenvalue weighted by atomic mass is 10.5. The third-order valence-corrected chi connectivity index (χ3v) is 3.27. The summed E-state index contributed by atoms with van der Waals surface area (Å²) in [5.74, 6) is 0.514. The Labute approximate surface area is 125 Å². The van der Waals surface area contributed by atoms with Crippen molar-refractivity contribution in [3.8, 4) is 0 Å². The van der Waals surface area contributed by atoms with Crippen LogP contribution in [0.3, 0.4) is 0 Å². The molecule has 20 heavy (non-hydrogen) atoms. The second kappa shape index (κ2) is 7.85. The SMILES string of the molecule is CCOC(=O)CCSC(C)=Nc1[nH]c(=S)[nH]c(=O)c1N. The van der Waals surface area contributed by atoms with Gasteiger partial charge in [0.2, 0.25) is 0 Å². The van der Waals surface area contributed by atoms with Gasteiger partial charge in [-0.3, -0.25) is 14.6 Å². The van der Waals surface area contributed by atoms with Gasteiger partial charge in [-0.1, -0.05) is 0 Å². The maximum atomic E-state index is 11.4. The fraction of sp³-hybridized carbons (Fsp3) is 0.455. The number of aromatic amines is 2. The lowest BCUT2D eigenvalue weighted by Crippen LogP contribution is -2.13. The number of anilines is 1. The van der Waals surface area contributed by atoms with Crippen LogP contribution in [0.5, 0.6) is 0 Å². The molecule has 0 aliphatic carbocycles. The number of thioether (sulfide) groups is 1. The normalized spacial score (nSPS) is 11.4. The second-order valence-corrected chi connectivity index (χ2v) is 5.40. The van der Waals surface area contributed by atoms with Crippen molar-refractivity contribution in [1.29, 1.82) is 0 Å². The minimum absolute atomic E-state index is 0.0241. The molecule has 1 aromatic heterocycles. The number of aromatic nitrogens is 2. The van der Waals surface area contributed by atoms with Gasteiger partial charge < -0.3 is 15.5 Å². The van der Waals surface area contributed by atoms with E-state index in [1.807, 2.05) is 0 Å². The number of ether oxygens (including phenoxy) is 1. The first-order valence-corrected chi connectivity index (χ1v) is 7.29. The molecular formula is C11H16N4O3S2. The topological polar surface area (TPSA) is 113 Å². The molecule has 0 saturated carbocycles. The summed E-state index contributed by atoms with van der Waals surface area (Å²) >= 11 is 6.22. The predicted molar refractivity (Wildman–Crippen MR) is 83.1 cm³/mol. The zero-order valence-electron chi connectivity index (χ0n) is 11.2. The molecule has 1 heterocycles. The number of aliphatic imine (C=N–C) groups is 1. The number of rotatable bonds is 5. The fourth-order valence-corrected chi connectivity index (χ4v) is 2.19. The maximum absolute atomic E-state index is 11.4. The highest BCUT2D eigenvalue weighted by molar-refractivity contribution is 8.13. The summed E-state index contributed by atoms with van der Waals surface area (Å²) in [5.41, 5.74) is 5.11. The van der Waals surface area contributed by atoms with Crippen LogP contribution in [0.25, 0.3) is 0 Å². The van der Waals surface area contributed by atoms with Crippen LogP contribution < -0.4 is 11.3 Å². The van der Waals surface area contributed by atoms with Crippen LogP contribution >= 0.6 is 24.0 Å². The average molecular weight is 316 g/mol. The van der Waals surface area contributed by atoms with Gasteiger partial charge >= 0.3 is 5.97 Å². The van der Waals surface area contributed by atoms with E-state index < -0.39 is 5.56 Å². The minimum atomic E-state index is -0.475. The zero-order valence-corrected chi connectivity index (χ0v) is 12.8. The number of carbonyl (C=O) groups is 1. The Hall–Kier alpha value is -1.61. The van der Waals surface area contributed by atoms with Gasteiger partial charge in [-0.2, -0.15) is 0 Å². The molecule has 1 aromatic rings. The number of nitrogens with one attached hydrogen (secondary N) is 2. The Kier molecular flexibility index (Phi) is 6.46. The van der Waals surface area contributed by atoms with E-state index in [0.717, 1.165) is 0 Å². The Morgan fingerprint density at radius 3 is 2.85 bits per heavy atom. The molecule has 110 valence electrons. The predicted octanol–water partition coefficient (Wildman–Crippen LogP) is 1.75. The van der Waals surface area contributed by atoms with Gasteiger partial charge in [-0.15, -0.1) is 11.8 Å². The third-order valence-electron chi connectivity index (χ3n) is 2.15. The quantitative estimate of drug-likeness (QED) is 0.330. The molecule has 0 aliphatic heterocycles. The number of nitrogens with zero attached hydrogens (tertiary/aromatic N) is 1. The molecule has 0 fully saturated rings. The number of nitrogens with two attached hydrogens (primary N) is 1. The Balaban J connectivity index is 2.68. The molecule has 0 atom stereocenters. The molecule has 0 unspecified atom stereocenters. The third kappa shape index (κ3) is 5.17. The number of hydrogen-bond donors (Lipinski definition) is 3. The molecule has 1 rings (SSSR count). The van der Waals surface area contributed by atoms with E-state index in [-0.39, 0.29) is 22.2 Å². The van der Waals surface area contributed by atoms with Gasteiger partial charge in [0.05, 0.1) is 18.1 Å². The van der Waals surface area contributed by atoms with E-state index in [0.29, 0.717) is 23.8 Å². The lowest BCUT2D eigenvalue weighted by Gasteiger charge is -2.03. The van der Waals surface area contributed by atoms with Gasteiger partial charge in [0.1, 0.15) is 5.69 Å². The van der Waals surface area contributed by atoms with Gasteiger partial charge in [-0.05, 0) is 26.1 Å². The summed E-state index contributed by atoms with van der Waals surface area (Å²) < 4.78 is 4.97. The summed E-state index contributed by atoms with van der Waals surface area (Å²) in [6.45, 7) is 3.89. The van der Waals surface area contributed by atoms with Crippen LogP contribution in [0.1, 0.15) is 20.3 Å². The van der Waals surface area contributed by atoms with Crippen LogP contribution in [0, 0.1) is 4.77 Å². The van der Waals surface area contributed by atoms with Crippen molar-refractivity contribution in [1.82, 2.24) is 9.97 Å². The van der Waals surface area contributed by atoms with Crippen LogP contribution in [-0.2, 0) is 9.53 Å². The molecule has 0 aromatic carbocycles. The highest BCUT2D eigenvalue weighted by atomic mass is 32.2. The Bertz CT molecular complexity index is 621. The van der Waals surface area contributed by atoms with Gasteiger partial charge in [0.15, 0.2) is 10.6 Å². The number of carbonyl (C=O) groups excluding carboxylic acids is 1. The summed E-state index contributed by atoms with van der Waals surface area (Å²) in [6, 6.07) is 0. The van der Waals surface area contributed by atoms with Crippen molar-refractivity contribution in [2.24, 2.45) is 4.99 Å². The molecule has 0 amide bonds. The number of hydrogen-bond acceptors (Lipinski definition) is 7. The van der Waals surface area contributed by atoms with E-state index in [4.69, 9.17) is 22.7 Å². The van der Waals surface area contributed by atoms with Crippen LogP contribution in [0.2, 0.25) is 0 Å². The largest absolute Gasteiger partial charge is 0.466 e. The molecule has 9 heteroatoms. The van der Waals surface area contributed by atoms with Crippen molar-refractivity contribution < 1.29 is 9.53 Å². The van der Waals surface area contributed by atoms with Gasteiger partial charge in [0.25, 0.3) is 5.56 Å². The number of H-pyrrole nitrogens is 2. The van der Waals surface area contributed by atoms with Crippen molar-refractivity contribution >= 4 is 46.5 Å². The van der Waals surface area contributed by atoms with Crippen molar-refractivity contribution in [2.45, 2.75) is 20.3 Å². The molecule has 7 nitrogen and oxygen atoms in total. The van der Waals surface area contributed by atoms with Crippen LogP contribution in [0.15, 0.2) is 9.79 Å². The van der Waals surface area contributed by atoms with E-state index in [2.05, 4.69) is 15.0 Å². The number of esters is 1. The van der Waals surface area contributed by atoms with E-state index >= 15 is 0 Å². The smallest absolute Gasteiger partial charge is 0.306 e. The molecule has 0 aliphatic rings. The van der Waals surface area contributed by atoms with Crippen molar-refractivity contribution in [3.05, 3.63) is 15.1 Å². The molecule has 0 spiro atoms. The molecular weight excluding hydrogens is 300 g/mol. The highest BCUT2D eigenvalue weighted by Gasteiger charge is 2.05. The maximum Gasteiger partial charge on any atom is 0.306 e. The monoisotopic (exact) mass is 316 g/mol. The van der Waals surface area contributed by atoms with E-state index in [1.165, 1.54) is 11.8 Å². The standard InChI is InChI=1S/C11H16N4O3S2/c1-3-18-7(16)4-5-20-6(2)13-9-8(12)10(17)15-11(19)14-9/h3-5,12H2,1-2H3,(H2,14,15,17,19). The van der Waals surface area contributed by atoms with Crippen LogP contribution in [-0.4, -0.2) is 33.3 Å². The van der Waals surface area contributed by atoms with Crippen molar-refractivity contribution in [2.75, 3.05) is 18.1 Å². The highest BCUT2D eigenvalue weighted by Crippen LogP contribution is 2.17. The first kappa shape index (κ1) is 16.4. The first-order valence-electron chi connectivity index (χ1n) is 5.89. The zero-order chi connectivity index (χ0) is 15.1. The van der Waals surface area contributed by atoms with E-state index in [1.54, 1.807) is 13.8 Å². The lowest BCUT2D eigenvalue weighted by molar-refractivity contribution is -0.142. The number of nitrogen functional groups attached to an aromatic ring is 1. The van der Waals surface area contributed by atoms with Crippen molar-refractivity contribution in [3.63, 3.8) is 0 Å². The van der Waals surface area contributed by atoms with Gasteiger partial charge in [-0.25, -0.2) is 4.99 Å². The average Bonchev–Trinajstić information content (AvgIpc) is 2.35. The first-order chi connectivity index (χ1) is 9.43. The summed E-state index contributed by atoms with van der Waals surface area (Å²) in [7, 11) is 0. The van der Waals surface area contributed by atoms with Crippen LogP contribution in [0.4, 0.5) is 11.5 Å². The van der Waals surface area contributed by atoms with E-state index in [9.17, 15) is 9.59 Å². The molecule has 0 saturated heterocycles. The summed E-state index contributed by atoms with van der Waals surface area (Å²) in [5, 5.41) is 0.664. The molecule has 0 bridgehead atoms. The molecule has 0 radical (unpaired) electrons. The Morgan fingerprint density at radius 2 is 2.20 bits per heavy atom. The summed E-state index contributed by atoms with van der Waals surface area (Å²) in [4.78, 5) is 31.8. The fourth-order valence-electron chi connectivity index (χ4n) is 1.28. The molecule has 4 N–H and O–H groups in total.